The zero-order chi connectivity index (χ0) is 19.7. The fourth-order valence-corrected chi connectivity index (χ4v) is 4.54. The molecule has 2 N–H and O–H groups in total. The number of fused-ring (bicyclic) bond motifs is 1. The van der Waals surface area contributed by atoms with Crippen LogP contribution >= 0.6 is 0 Å². The van der Waals surface area contributed by atoms with E-state index in [-0.39, 0.29) is 41.9 Å². The first-order chi connectivity index (χ1) is 12.6. The summed E-state index contributed by atoms with van der Waals surface area (Å²) >= 11 is 0. The third kappa shape index (κ3) is 3.01. The van der Waals surface area contributed by atoms with Gasteiger partial charge in [-0.2, -0.15) is 13.8 Å². The molecule has 27 heavy (non-hydrogen) atoms. The Morgan fingerprint density at radius 1 is 1.26 bits per heavy atom. The zero-order valence-electron chi connectivity index (χ0n) is 15.6. The highest BCUT2D eigenvalue weighted by atomic mass is 19.3. The van der Waals surface area contributed by atoms with Gasteiger partial charge in [0.25, 0.3) is 5.92 Å². The minimum atomic E-state index is -3.10. The lowest BCUT2D eigenvalue weighted by atomic mass is 10.0. The number of anilines is 2. The molecule has 0 bridgehead atoms. The number of aliphatic carboxylic acids is 1. The van der Waals surface area contributed by atoms with Gasteiger partial charge in [-0.25, -0.2) is 4.98 Å². The van der Waals surface area contributed by atoms with Crippen molar-refractivity contribution in [3.8, 4) is 0 Å². The summed E-state index contributed by atoms with van der Waals surface area (Å²) < 4.78 is 28.3. The van der Waals surface area contributed by atoms with Crippen molar-refractivity contribution < 1.29 is 23.8 Å². The zero-order valence-corrected chi connectivity index (χ0v) is 15.6. The lowest BCUT2D eigenvalue weighted by Crippen LogP contribution is -2.59. The number of rotatable bonds is 5. The second-order valence-corrected chi connectivity index (χ2v) is 8.16. The third-order valence-corrected chi connectivity index (χ3v) is 6.29. The van der Waals surface area contributed by atoms with E-state index in [1.54, 1.807) is 11.8 Å². The van der Waals surface area contributed by atoms with Crippen LogP contribution in [0.5, 0.6) is 0 Å². The number of aromatic nitrogens is 2. The molecule has 1 aromatic rings. The molecule has 1 aliphatic carbocycles. The molecule has 1 aromatic heterocycles. The summed E-state index contributed by atoms with van der Waals surface area (Å²) in [6, 6.07) is -0.217. The lowest BCUT2D eigenvalue weighted by Gasteiger charge is -2.43. The third-order valence-electron chi connectivity index (χ3n) is 6.29. The van der Waals surface area contributed by atoms with E-state index in [1.807, 2.05) is 11.8 Å². The average Bonchev–Trinajstić information content (AvgIpc) is 3.02. The van der Waals surface area contributed by atoms with Crippen molar-refractivity contribution in [2.45, 2.75) is 45.3 Å². The lowest BCUT2D eigenvalue weighted by molar-refractivity contribution is -0.137. The highest BCUT2D eigenvalue weighted by molar-refractivity contribution is 5.68. The van der Waals surface area contributed by atoms with Crippen molar-refractivity contribution in [2.24, 2.45) is 17.8 Å². The molecule has 9 heteroatoms. The normalized spacial score (nSPS) is 32.3. The highest BCUT2D eigenvalue weighted by Gasteiger charge is 2.56. The molecule has 0 spiro atoms. The first-order valence-corrected chi connectivity index (χ1v) is 9.26. The molecule has 0 amide bonds. The molecule has 3 aliphatic rings. The second-order valence-electron chi connectivity index (χ2n) is 8.16. The van der Waals surface area contributed by atoms with Crippen molar-refractivity contribution >= 4 is 17.7 Å². The van der Waals surface area contributed by atoms with E-state index in [4.69, 9.17) is 5.11 Å². The van der Waals surface area contributed by atoms with Gasteiger partial charge < -0.3 is 20.0 Å². The Morgan fingerprint density at radius 2 is 1.89 bits per heavy atom. The first-order valence-electron chi connectivity index (χ1n) is 9.26. The maximum absolute atomic E-state index is 14.2. The monoisotopic (exact) mass is 382 g/mol. The summed E-state index contributed by atoms with van der Waals surface area (Å²) in [4.78, 5) is 23.3. The Labute approximate surface area is 156 Å². The van der Waals surface area contributed by atoms with Crippen LogP contribution in [0.1, 0.15) is 31.5 Å². The van der Waals surface area contributed by atoms with Crippen LogP contribution in [0.25, 0.3) is 0 Å². The molecular weight excluding hydrogens is 358 g/mol. The number of piperidine rings is 1. The van der Waals surface area contributed by atoms with Gasteiger partial charge in [0.05, 0.1) is 12.1 Å². The predicted molar refractivity (Wildman–Crippen MR) is 94.1 cm³/mol. The van der Waals surface area contributed by atoms with E-state index in [2.05, 4.69) is 9.97 Å². The molecule has 3 fully saturated rings. The van der Waals surface area contributed by atoms with E-state index in [0.29, 0.717) is 31.0 Å². The number of alkyl halides is 2. The van der Waals surface area contributed by atoms with E-state index in [0.717, 1.165) is 6.92 Å². The van der Waals surface area contributed by atoms with Crippen molar-refractivity contribution in [3.63, 3.8) is 0 Å². The van der Waals surface area contributed by atoms with Gasteiger partial charge in [0.15, 0.2) is 0 Å². The van der Waals surface area contributed by atoms with Gasteiger partial charge in [-0.15, -0.1) is 0 Å². The van der Waals surface area contributed by atoms with Crippen LogP contribution in [-0.4, -0.2) is 57.9 Å². The minimum absolute atomic E-state index is 0.165. The van der Waals surface area contributed by atoms with Crippen molar-refractivity contribution in [3.05, 3.63) is 11.3 Å². The van der Waals surface area contributed by atoms with E-state index >= 15 is 0 Å². The summed E-state index contributed by atoms with van der Waals surface area (Å²) in [6.07, 6.45) is -0.348. The van der Waals surface area contributed by atoms with Crippen molar-refractivity contribution in [1.82, 2.24) is 9.97 Å². The van der Waals surface area contributed by atoms with Gasteiger partial charge in [0, 0.05) is 38.5 Å². The summed E-state index contributed by atoms with van der Waals surface area (Å²) in [5, 5.41) is 18.7. The van der Waals surface area contributed by atoms with Gasteiger partial charge in [-0.05, 0) is 31.6 Å². The number of carboxylic acid groups (broad SMARTS) is 1. The SMILES string of the molecule is Cc1c(N2C[C@@H]3[C@@H](CC(=O)O)[C@@H]3C2)nc(N2C[C@@H](O)[C@@H]2C)nc1C(C)(F)F. The number of hydrogen-bond donors (Lipinski definition) is 2. The largest absolute Gasteiger partial charge is 0.481 e. The Morgan fingerprint density at radius 3 is 2.37 bits per heavy atom. The topological polar surface area (TPSA) is 89.8 Å². The van der Waals surface area contributed by atoms with E-state index < -0.39 is 18.0 Å². The molecule has 0 unspecified atom stereocenters. The Balaban J connectivity index is 1.62. The van der Waals surface area contributed by atoms with Gasteiger partial charge >= 0.3 is 5.97 Å². The maximum atomic E-state index is 14.2. The number of nitrogens with zero attached hydrogens (tertiary/aromatic N) is 4. The Kier molecular flexibility index (Phi) is 4.06. The quantitative estimate of drug-likeness (QED) is 0.800. The summed E-state index contributed by atoms with van der Waals surface area (Å²) in [5.41, 5.74) is 0.0646. The molecule has 0 radical (unpaired) electrons. The Hall–Kier alpha value is -2.03. The van der Waals surface area contributed by atoms with Crippen LogP contribution in [-0.2, 0) is 10.7 Å². The van der Waals surface area contributed by atoms with Gasteiger partial charge in [-0.3, -0.25) is 4.79 Å². The van der Waals surface area contributed by atoms with Crippen molar-refractivity contribution in [1.29, 1.82) is 0 Å². The van der Waals surface area contributed by atoms with E-state index in [1.165, 1.54) is 0 Å². The number of β-amino-alcohol motifs (C(OH)–C–C–N with tert-alkyl or cyclic N) is 1. The van der Waals surface area contributed by atoms with Crippen LogP contribution in [0, 0.1) is 24.7 Å². The average molecular weight is 382 g/mol. The molecule has 0 aromatic carbocycles. The number of carbonyl (C=O) groups is 1. The van der Waals surface area contributed by atoms with Crippen LogP contribution in [0.4, 0.5) is 20.5 Å². The predicted octanol–water partition coefficient (Wildman–Crippen LogP) is 1.62. The van der Waals surface area contributed by atoms with Crippen LogP contribution < -0.4 is 9.80 Å². The summed E-state index contributed by atoms with van der Waals surface area (Å²) in [6.45, 7) is 5.83. The number of aliphatic hydroxyl groups is 1. The molecule has 7 nitrogen and oxygen atoms in total. The second kappa shape index (κ2) is 5.98. The molecule has 4 rings (SSSR count). The van der Waals surface area contributed by atoms with Crippen LogP contribution in [0.15, 0.2) is 0 Å². The smallest absolute Gasteiger partial charge is 0.303 e. The number of halogens is 2. The number of aliphatic hydroxyl groups excluding tert-OH is 1. The van der Waals surface area contributed by atoms with Gasteiger partial charge in [-0.1, -0.05) is 0 Å². The molecule has 2 aliphatic heterocycles. The maximum Gasteiger partial charge on any atom is 0.303 e. The van der Waals surface area contributed by atoms with Gasteiger partial charge in [0.2, 0.25) is 5.95 Å². The van der Waals surface area contributed by atoms with Crippen LogP contribution in [0.3, 0.4) is 0 Å². The number of hydrogen-bond acceptors (Lipinski definition) is 6. The fourth-order valence-electron chi connectivity index (χ4n) is 4.54. The summed E-state index contributed by atoms with van der Waals surface area (Å²) in [7, 11) is 0. The first kappa shape index (κ1) is 18.3. The standard InChI is InChI=1S/C18H24F2N4O3/c1-8-15(18(3,19)20)21-17(24-7-13(25)9(24)2)22-16(8)23-5-11-10(4-14(26)27)12(11)6-23/h9-13,25H,4-7H2,1-3H3,(H,26,27)/t9-,10-,11-,12+,13+/m0/s1. The fraction of sp³-hybridized carbons (Fsp3) is 0.722. The molecule has 3 heterocycles. The number of carboxylic acids is 1. The molecule has 2 saturated heterocycles. The molecular formula is C18H24F2N4O3. The van der Waals surface area contributed by atoms with Crippen molar-refractivity contribution in [2.75, 3.05) is 29.4 Å². The molecule has 1 saturated carbocycles. The van der Waals surface area contributed by atoms with Crippen LogP contribution in [0.2, 0.25) is 0 Å². The summed E-state index contributed by atoms with van der Waals surface area (Å²) in [5.74, 6) is -2.43. The Bertz CT molecular complexity index is 773. The minimum Gasteiger partial charge on any atom is -0.481 e. The molecule has 5 atom stereocenters. The van der Waals surface area contributed by atoms with Gasteiger partial charge in [0.1, 0.15) is 11.5 Å². The highest BCUT2D eigenvalue weighted by Crippen LogP contribution is 2.54. The van der Waals surface area contributed by atoms with E-state index in [9.17, 15) is 18.7 Å². The molecule has 148 valence electrons.